The third kappa shape index (κ3) is 3.87. The molecule has 2 rings (SSSR count). The van der Waals surface area contributed by atoms with Crippen LogP contribution in [0.2, 0.25) is 0 Å². The van der Waals surface area contributed by atoms with Crippen molar-refractivity contribution in [1.82, 2.24) is 9.62 Å². The predicted molar refractivity (Wildman–Crippen MR) is 86.1 cm³/mol. The molecule has 122 valence electrons. The van der Waals surface area contributed by atoms with Crippen LogP contribution in [0.15, 0.2) is 23.1 Å². The number of hydrogen-bond donors (Lipinski definition) is 1. The van der Waals surface area contributed by atoms with E-state index in [0.717, 1.165) is 11.1 Å². The lowest BCUT2D eigenvalue weighted by Crippen LogP contribution is -2.46. The second-order valence-electron chi connectivity index (χ2n) is 5.90. The summed E-state index contributed by atoms with van der Waals surface area (Å²) in [7, 11) is -3.50. The van der Waals surface area contributed by atoms with Crippen LogP contribution in [-0.2, 0) is 14.8 Å². The molecule has 0 bridgehead atoms. The van der Waals surface area contributed by atoms with Crippen molar-refractivity contribution in [3.8, 4) is 0 Å². The van der Waals surface area contributed by atoms with E-state index in [4.69, 9.17) is 0 Å². The van der Waals surface area contributed by atoms with Crippen molar-refractivity contribution in [2.75, 3.05) is 13.1 Å². The van der Waals surface area contributed by atoms with Crippen LogP contribution in [0.1, 0.15) is 37.3 Å². The molecule has 1 N–H and O–H groups in total. The molecule has 6 heteroatoms. The molecule has 1 aliphatic rings. The van der Waals surface area contributed by atoms with E-state index >= 15 is 0 Å². The standard InChI is InChI=1S/C16H24N2O3S/c1-4-16(19)18-9-7-14(8-10-18)17-22(20,21)15-6-5-12(2)11-13(15)3/h5-6,11,14,17H,4,7-10H2,1-3H3. The fraction of sp³-hybridized carbons (Fsp3) is 0.562. The number of nitrogens with zero attached hydrogens (tertiary/aromatic N) is 1. The summed E-state index contributed by atoms with van der Waals surface area (Å²) in [4.78, 5) is 13.8. The van der Waals surface area contributed by atoms with Gasteiger partial charge in [-0.05, 0) is 38.3 Å². The molecule has 1 aliphatic heterocycles. The van der Waals surface area contributed by atoms with Gasteiger partial charge in [-0.3, -0.25) is 4.79 Å². The van der Waals surface area contributed by atoms with Crippen LogP contribution >= 0.6 is 0 Å². The molecular formula is C16H24N2O3S. The van der Waals surface area contributed by atoms with Gasteiger partial charge in [-0.2, -0.15) is 0 Å². The number of hydrogen-bond acceptors (Lipinski definition) is 3. The SMILES string of the molecule is CCC(=O)N1CCC(NS(=O)(=O)c2ccc(C)cc2C)CC1. The Morgan fingerprint density at radius 1 is 1.27 bits per heavy atom. The Bertz CT molecular complexity index is 647. The molecule has 0 unspecified atom stereocenters. The van der Waals surface area contributed by atoms with E-state index in [2.05, 4.69) is 4.72 Å². The Labute approximate surface area is 132 Å². The second kappa shape index (κ2) is 6.79. The van der Waals surface area contributed by atoms with Crippen LogP contribution in [0.5, 0.6) is 0 Å². The number of carbonyl (C=O) groups excluding carboxylic acids is 1. The summed E-state index contributed by atoms with van der Waals surface area (Å²) in [5.74, 6) is 0.135. The highest BCUT2D eigenvalue weighted by molar-refractivity contribution is 7.89. The number of benzene rings is 1. The smallest absolute Gasteiger partial charge is 0.241 e. The molecule has 0 atom stereocenters. The van der Waals surface area contributed by atoms with Crippen molar-refractivity contribution in [2.24, 2.45) is 0 Å². The average molecular weight is 324 g/mol. The molecule has 22 heavy (non-hydrogen) atoms. The summed E-state index contributed by atoms with van der Waals surface area (Å²) in [5.41, 5.74) is 1.80. The fourth-order valence-corrected chi connectivity index (χ4v) is 4.39. The van der Waals surface area contributed by atoms with Crippen molar-refractivity contribution >= 4 is 15.9 Å². The number of piperidine rings is 1. The molecule has 1 aromatic rings. The van der Waals surface area contributed by atoms with E-state index < -0.39 is 10.0 Å². The molecule has 5 nitrogen and oxygen atoms in total. The topological polar surface area (TPSA) is 66.5 Å². The lowest BCUT2D eigenvalue weighted by molar-refractivity contribution is -0.131. The Hall–Kier alpha value is -1.40. The third-order valence-electron chi connectivity index (χ3n) is 4.09. The van der Waals surface area contributed by atoms with Crippen molar-refractivity contribution in [1.29, 1.82) is 0 Å². The zero-order valence-electron chi connectivity index (χ0n) is 13.4. The van der Waals surface area contributed by atoms with Gasteiger partial charge in [-0.15, -0.1) is 0 Å². The van der Waals surface area contributed by atoms with Gasteiger partial charge in [0.2, 0.25) is 15.9 Å². The summed E-state index contributed by atoms with van der Waals surface area (Å²) in [5, 5.41) is 0. The minimum atomic E-state index is -3.50. The van der Waals surface area contributed by atoms with E-state index in [1.807, 2.05) is 37.8 Å². The first-order chi connectivity index (χ1) is 10.3. The first-order valence-corrected chi connectivity index (χ1v) is 9.19. The van der Waals surface area contributed by atoms with Gasteiger partial charge in [0.15, 0.2) is 0 Å². The number of likely N-dealkylation sites (tertiary alicyclic amines) is 1. The molecule has 1 saturated heterocycles. The normalized spacial score (nSPS) is 16.8. The Morgan fingerprint density at radius 2 is 1.91 bits per heavy atom. The maximum atomic E-state index is 12.5. The molecule has 0 aromatic heterocycles. The Kier molecular flexibility index (Phi) is 5.24. The van der Waals surface area contributed by atoms with Gasteiger partial charge < -0.3 is 4.90 Å². The number of amides is 1. The lowest BCUT2D eigenvalue weighted by atomic mass is 10.1. The zero-order chi connectivity index (χ0) is 16.3. The summed E-state index contributed by atoms with van der Waals surface area (Å²) in [6.45, 7) is 6.83. The van der Waals surface area contributed by atoms with Crippen LogP contribution in [-0.4, -0.2) is 38.4 Å². The maximum absolute atomic E-state index is 12.5. The van der Waals surface area contributed by atoms with Crippen LogP contribution < -0.4 is 4.72 Å². The van der Waals surface area contributed by atoms with Crippen molar-refractivity contribution in [3.05, 3.63) is 29.3 Å². The Balaban J connectivity index is 2.03. The summed E-state index contributed by atoms with van der Waals surface area (Å²) in [6, 6.07) is 5.23. The Morgan fingerprint density at radius 3 is 2.45 bits per heavy atom. The second-order valence-corrected chi connectivity index (χ2v) is 7.58. The van der Waals surface area contributed by atoms with E-state index in [-0.39, 0.29) is 11.9 Å². The van der Waals surface area contributed by atoms with Crippen LogP contribution in [0, 0.1) is 13.8 Å². The number of sulfonamides is 1. The first-order valence-electron chi connectivity index (χ1n) is 7.71. The van der Waals surface area contributed by atoms with E-state index in [1.165, 1.54) is 0 Å². The van der Waals surface area contributed by atoms with Gasteiger partial charge >= 0.3 is 0 Å². The zero-order valence-corrected chi connectivity index (χ0v) is 14.2. The number of aryl methyl sites for hydroxylation is 2. The molecule has 0 radical (unpaired) electrons. The lowest BCUT2D eigenvalue weighted by Gasteiger charge is -2.32. The first kappa shape index (κ1) is 17.0. The summed E-state index contributed by atoms with van der Waals surface area (Å²) < 4.78 is 27.8. The van der Waals surface area contributed by atoms with Crippen molar-refractivity contribution in [2.45, 2.75) is 51.0 Å². The van der Waals surface area contributed by atoms with Crippen LogP contribution in [0.3, 0.4) is 0 Å². The molecule has 0 aliphatic carbocycles. The number of carbonyl (C=O) groups is 1. The average Bonchev–Trinajstić information content (AvgIpc) is 2.46. The number of rotatable bonds is 4. The molecular weight excluding hydrogens is 300 g/mol. The highest BCUT2D eigenvalue weighted by Crippen LogP contribution is 2.19. The summed E-state index contributed by atoms with van der Waals surface area (Å²) >= 11 is 0. The minimum absolute atomic E-state index is 0.105. The molecule has 0 spiro atoms. The van der Waals surface area contributed by atoms with Crippen LogP contribution in [0.25, 0.3) is 0 Å². The van der Waals surface area contributed by atoms with Crippen LogP contribution in [0.4, 0.5) is 0 Å². The van der Waals surface area contributed by atoms with Gasteiger partial charge in [0, 0.05) is 25.6 Å². The fourth-order valence-electron chi connectivity index (χ4n) is 2.85. The maximum Gasteiger partial charge on any atom is 0.241 e. The van der Waals surface area contributed by atoms with Gasteiger partial charge in [0.1, 0.15) is 0 Å². The highest BCUT2D eigenvalue weighted by Gasteiger charge is 2.26. The largest absolute Gasteiger partial charge is 0.343 e. The number of nitrogens with one attached hydrogen (secondary N) is 1. The van der Waals surface area contributed by atoms with E-state index in [0.29, 0.717) is 37.2 Å². The van der Waals surface area contributed by atoms with E-state index in [9.17, 15) is 13.2 Å². The van der Waals surface area contributed by atoms with Gasteiger partial charge in [0.05, 0.1) is 4.90 Å². The highest BCUT2D eigenvalue weighted by atomic mass is 32.2. The van der Waals surface area contributed by atoms with E-state index in [1.54, 1.807) is 6.07 Å². The monoisotopic (exact) mass is 324 g/mol. The molecule has 1 heterocycles. The van der Waals surface area contributed by atoms with Gasteiger partial charge in [-0.25, -0.2) is 13.1 Å². The van der Waals surface area contributed by atoms with Gasteiger partial charge in [-0.1, -0.05) is 24.6 Å². The minimum Gasteiger partial charge on any atom is -0.343 e. The summed E-state index contributed by atoms with van der Waals surface area (Å²) in [6.07, 6.45) is 1.82. The molecule has 1 fully saturated rings. The molecule has 0 saturated carbocycles. The van der Waals surface area contributed by atoms with Crippen molar-refractivity contribution < 1.29 is 13.2 Å². The quantitative estimate of drug-likeness (QED) is 0.921. The third-order valence-corrected chi connectivity index (χ3v) is 5.77. The molecule has 1 aromatic carbocycles. The predicted octanol–water partition coefficient (Wildman–Crippen LogP) is 1.98. The molecule has 1 amide bonds. The van der Waals surface area contributed by atoms with Crippen molar-refractivity contribution in [3.63, 3.8) is 0 Å². The van der Waals surface area contributed by atoms with Gasteiger partial charge in [0.25, 0.3) is 0 Å².